The zero-order valence-corrected chi connectivity index (χ0v) is 55.0. The van der Waals surface area contributed by atoms with Gasteiger partial charge in [-0.25, -0.2) is 0 Å². The second kappa shape index (κ2) is 23.8. The van der Waals surface area contributed by atoms with E-state index in [1.165, 1.54) is 16.4 Å². The SMILES string of the molecule is c1ccc(-c2cc(-c3ccccc3)c(N3c4ccc(-c5cccc6oc7ccccc7c56)cc4B4c5cc(-c6cccc7oc8ccccc8c67)ccc5N(c5c(-c6ccccc6)cc(-c6ccccc6)cc5-c5ccccc5)c5cc(-c6ccccc6)cc3c54)c(-c3ccccc3)c2)cc1. The zero-order valence-electron chi connectivity index (χ0n) is 55.0. The van der Waals surface area contributed by atoms with Gasteiger partial charge < -0.3 is 18.6 Å². The minimum absolute atomic E-state index is 0.337. The Morgan fingerprint density at radius 3 is 0.842 bits per heavy atom. The fourth-order valence-corrected chi connectivity index (χ4v) is 16.3. The molecule has 0 saturated carbocycles. The first-order valence-electron chi connectivity index (χ1n) is 34.7. The summed E-state index contributed by atoms with van der Waals surface area (Å²) in [6.45, 7) is -0.337. The van der Waals surface area contributed by atoms with Crippen molar-refractivity contribution in [3.63, 3.8) is 0 Å². The average Bonchev–Trinajstić information content (AvgIpc) is 1.43. The van der Waals surface area contributed by atoms with Crippen LogP contribution in [0, 0.1) is 0 Å². The molecule has 101 heavy (non-hydrogen) atoms. The van der Waals surface area contributed by atoms with Crippen LogP contribution in [0.5, 0.6) is 0 Å². The van der Waals surface area contributed by atoms with Crippen LogP contribution >= 0.6 is 0 Å². The lowest BCUT2D eigenvalue weighted by molar-refractivity contribution is 0.668. The van der Waals surface area contributed by atoms with Crippen LogP contribution in [-0.4, -0.2) is 6.71 Å². The molecule has 4 heterocycles. The number of rotatable bonds is 11. The van der Waals surface area contributed by atoms with Crippen LogP contribution in [0.1, 0.15) is 0 Å². The number of hydrogen-bond donors (Lipinski definition) is 0. The highest BCUT2D eigenvalue weighted by Gasteiger charge is 2.46. The molecule has 470 valence electrons. The second-order valence-corrected chi connectivity index (χ2v) is 26.5. The standard InChI is InChI=1S/C96H61BN2O2/c1-8-28-62(29-9-1)71-54-78(65-34-14-4-15-35-65)95(79(55-71)66-36-16-5-17-37-66)98-84-52-50-69(74-44-26-48-90-92(74)76-42-22-24-46-88(76)100-90)58-82(84)97-83-59-70(75-45-27-49-91-93(75)77-43-23-25-47-89(77)101-91)51-53-85(83)99(87-61-73(60-86(98)94(87)97)64-32-12-3-13-33-64)96-80(67-38-18-6-19-39-67)56-72(63-30-10-2-11-31-63)57-81(96)68-40-20-7-21-41-68/h1-61H. The summed E-state index contributed by atoms with van der Waals surface area (Å²) >= 11 is 0. The number of furan rings is 2. The monoisotopic (exact) mass is 1280 g/mol. The maximum Gasteiger partial charge on any atom is 0.252 e. The van der Waals surface area contributed by atoms with Crippen LogP contribution < -0.4 is 26.2 Å². The van der Waals surface area contributed by atoms with Crippen molar-refractivity contribution in [3.05, 3.63) is 370 Å². The van der Waals surface area contributed by atoms with Crippen molar-refractivity contribution in [3.8, 4) is 100 Å². The van der Waals surface area contributed by atoms with E-state index in [0.29, 0.717) is 0 Å². The van der Waals surface area contributed by atoms with E-state index in [1.807, 2.05) is 0 Å². The molecule has 5 heteroatoms. The van der Waals surface area contributed by atoms with Gasteiger partial charge >= 0.3 is 0 Å². The van der Waals surface area contributed by atoms with Crippen molar-refractivity contribution in [1.29, 1.82) is 0 Å². The van der Waals surface area contributed by atoms with Crippen LogP contribution in [0.4, 0.5) is 34.1 Å². The highest BCUT2D eigenvalue weighted by molar-refractivity contribution is 7.00. The average molecular weight is 1290 g/mol. The molecule has 0 saturated heterocycles. The zero-order chi connectivity index (χ0) is 66.5. The van der Waals surface area contributed by atoms with Gasteiger partial charge in [0.1, 0.15) is 22.3 Å². The van der Waals surface area contributed by atoms with Gasteiger partial charge in [-0.1, -0.05) is 297 Å². The van der Waals surface area contributed by atoms with Gasteiger partial charge in [0.15, 0.2) is 0 Å². The van der Waals surface area contributed by atoms with Crippen LogP contribution in [0.2, 0.25) is 0 Å². The predicted molar refractivity (Wildman–Crippen MR) is 424 cm³/mol. The fraction of sp³-hybridized carbons (Fsp3) is 0. The molecule has 0 radical (unpaired) electrons. The van der Waals surface area contributed by atoms with Crippen molar-refractivity contribution in [2.75, 3.05) is 9.80 Å². The van der Waals surface area contributed by atoms with E-state index in [4.69, 9.17) is 8.83 Å². The Hall–Kier alpha value is -13.2. The minimum Gasteiger partial charge on any atom is -0.456 e. The van der Waals surface area contributed by atoms with Gasteiger partial charge in [-0.2, -0.15) is 0 Å². The molecule has 0 fully saturated rings. The summed E-state index contributed by atoms with van der Waals surface area (Å²) in [5, 5.41) is 4.36. The Bertz CT molecular complexity index is 5770. The molecular formula is C96H61BN2O2. The highest BCUT2D eigenvalue weighted by atomic mass is 16.3. The quantitative estimate of drug-likeness (QED) is 0.121. The van der Waals surface area contributed by atoms with E-state index in [-0.39, 0.29) is 6.71 Å². The van der Waals surface area contributed by atoms with E-state index < -0.39 is 0 Å². The number of benzene rings is 16. The lowest BCUT2D eigenvalue weighted by Gasteiger charge is -2.46. The first-order chi connectivity index (χ1) is 50.1. The first-order valence-corrected chi connectivity index (χ1v) is 34.7. The summed E-state index contributed by atoms with van der Waals surface area (Å²) in [5.41, 5.74) is 33.5. The van der Waals surface area contributed by atoms with Crippen molar-refractivity contribution in [1.82, 2.24) is 0 Å². The normalized spacial score (nSPS) is 12.3. The molecule has 0 bridgehead atoms. The molecule has 18 aromatic rings. The first kappa shape index (κ1) is 58.0. The number of nitrogens with zero attached hydrogens (tertiary/aromatic N) is 2. The van der Waals surface area contributed by atoms with E-state index in [0.717, 1.165) is 178 Å². The smallest absolute Gasteiger partial charge is 0.252 e. The van der Waals surface area contributed by atoms with Crippen LogP contribution in [0.3, 0.4) is 0 Å². The second-order valence-electron chi connectivity index (χ2n) is 26.5. The van der Waals surface area contributed by atoms with Crippen molar-refractivity contribution in [2.24, 2.45) is 0 Å². The minimum atomic E-state index is -0.337. The molecule has 0 amide bonds. The third-order valence-corrected chi connectivity index (χ3v) is 20.8. The molecule has 0 unspecified atom stereocenters. The lowest BCUT2D eigenvalue weighted by Crippen LogP contribution is -2.61. The van der Waals surface area contributed by atoms with Gasteiger partial charge in [0.25, 0.3) is 6.71 Å². The summed E-state index contributed by atoms with van der Waals surface area (Å²) in [5.74, 6) is 0. The molecule has 0 spiro atoms. The molecule has 2 aliphatic heterocycles. The molecule has 2 aliphatic rings. The lowest BCUT2D eigenvalue weighted by atomic mass is 9.33. The summed E-state index contributed by atoms with van der Waals surface area (Å²) in [4.78, 5) is 5.32. The Kier molecular flexibility index (Phi) is 13.7. The van der Waals surface area contributed by atoms with Gasteiger partial charge in [-0.15, -0.1) is 0 Å². The van der Waals surface area contributed by atoms with Crippen LogP contribution in [-0.2, 0) is 0 Å². The summed E-state index contributed by atoms with van der Waals surface area (Å²) in [6.07, 6.45) is 0. The van der Waals surface area contributed by atoms with Crippen LogP contribution in [0.25, 0.3) is 144 Å². The Labute approximate surface area is 586 Å². The number of fused-ring (bicyclic) bond motifs is 10. The third-order valence-electron chi connectivity index (χ3n) is 20.8. The van der Waals surface area contributed by atoms with Gasteiger partial charge in [-0.3, -0.25) is 0 Å². The van der Waals surface area contributed by atoms with E-state index in [2.05, 4.69) is 380 Å². The number of anilines is 6. The Morgan fingerprint density at radius 2 is 0.495 bits per heavy atom. The van der Waals surface area contributed by atoms with E-state index in [9.17, 15) is 0 Å². The van der Waals surface area contributed by atoms with Crippen molar-refractivity contribution >= 4 is 101 Å². The van der Waals surface area contributed by atoms with Crippen molar-refractivity contribution in [2.45, 2.75) is 0 Å². The Morgan fingerprint density at radius 1 is 0.198 bits per heavy atom. The van der Waals surface area contributed by atoms with Crippen LogP contribution in [0.15, 0.2) is 379 Å². The molecule has 4 nitrogen and oxygen atoms in total. The maximum absolute atomic E-state index is 6.72. The van der Waals surface area contributed by atoms with Gasteiger partial charge in [0.05, 0.1) is 11.4 Å². The summed E-state index contributed by atoms with van der Waals surface area (Å²) in [7, 11) is 0. The molecule has 0 N–H and O–H groups in total. The molecule has 20 rings (SSSR count). The van der Waals surface area contributed by atoms with Gasteiger partial charge in [0.2, 0.25) is 0 Å². The molecule has 2 aromatic heterocycles. The molecule has 0 aliphatic carbocycles. The van der Waals surface area contributed by atoms with E-state index in [1.54, 1.807) is 0 Å². The van der Waals surface area contributed by atoms with Gasteiger partial charge in [-0.05, 0) is 167 Å². The Balaban J connectivity index is 0.977. The van der Waals surface area contributed by atoms with Crippen molar-refractivity contribution < 1.29 is 8.83 Å². The topological polar surface area (TPSA) is 32.8 Å². The predicted octanol–water partition coefficient (Wildman–Crippen LogP) is 24.6. The number of hydrogen-bond acceptors (Lipinski definition) is 4. The summed E-state index contributed by atoms with van der Waals surface area (Å²) < 4.78 is 13.4. The highest BCUT2D eigenvalue weighted by Crippen LogP contribution is 2.56. The number of para-hydroxylation sites is 2. The largest absolute Gasteiger partial charge is 0.456 e. The summed E-state index contributed by atoms with van der Waals surface area (Å²) in [6, 6.07) is 136. The van der Waals surface area contributed by atoms with Gasteiger partial charge in [0, 0.05) is 66.5 Å². The maximum atomic E-state index is 6.72. The molecular weight excluding hydrogens is 1220 g/mol. The third kappa shape index (κ3) is 9.61. The molecule has 16 aromatic carbocycles. The van der Waals surface area contributed by atoms with E-state index >= 15 is 0 Å². The fourth-order valence-electron chi connectivity index (χ4n) is 16.3. The molecule has 0 atom stereocenters.